The van der Waals surface area contributed by atoms with E-state index in [1.165, 1.54) is 21.9 Å². The van der Waals surface area contributed by atoms with E-state index in [-0.39, 0.29) is 0 Å². The minimum absolute atomic E-state index is 1.36. The number of cyclic esters (lactones) is 2. The highest BCUT2D eigenvalue weighted by Crippen LogP contribution is 1.85. The molecule has 14 heteroatoms. The molecule has 14 nitrogen and oxygen atoms in total. The van der Waals surface area contributed by atoms with Crippen molar-refractivity contribution in [2.75, 3.05) is 0 Å². The van der Waals surface area contributed by atoms with Crippen LogP contribution in [0.3, 0.4) is 0 Å². The standard InChI is InChI=1S/C4H4N4O10/c9-1-5-14-3(11)7-16-18-17-8-4(12)15-6-2(10)13-1/h(H,5,9)(H,6,10)(H,7,11)(H,8,12). The zero-order chi connectivity index (χ0) is 13.4. The van der Waals surface area contributed by atoms with Crippen LogP contribution in [-0.2, 0) is 29.4 Å². The molecule has 1 aliphatic rings. The Morgan fingerprint density at radius 2 is 1.06 bits per heavy atom. The van der Waals surface area contributed by atoms with Crippen LogP contribution in [0.15, 0.2) is 0 Å². The summed E-state index contributed by atoms with van der Waals surface area (Å²) in [6.45, 7) is 0. The van der Waals surface area contributed by atoms with Crippen molar-refractivity contribution in [3.8, 4) is 0 Å². The van der Waals surface area contributed by atoms with Gasteiger partial charge in [0.25, 0.3) is 0 Å². The van der Waals surface area contributed by atoms with Crippen LogP contribution in [0.4, 0.5) is 19.2 Å². The molecule has 0 bridgehead atoms. The number of amides is 4. The van der Waals surface area contributed by atoms with E-state index in [1.807, 2.05) is 0 Å². The lowest BCUT2D eigenvalue weighted by molar-refractivity contribution is -0.544. The Bertz CT molecular complexity index is 324. The molecular weight excluding hydrogens is 264 g/mol. The predicted molar refractivity (Wildman–Crippen MR) is 40.6 cm³/mol. The van der Waals surface area contributed by atoms with Gasteiger partial charge in [0.15, 0.2) is 0 Å². The number of rotatable bonds is 0. The van der Waals surface area contributed by atoms with Crippen LogP contribution in [0, 0.1) is 0 Å². The maximum atomic E-state index is 10.7. The van der Waals surface area contributed by atoms with Gasteiger partial charge in [0.05, 0.1) is 0 Å². The first-order valence-electron chi connectivity index (χ1n) is 3.78. The molecule has 1 fully saturated rings. The summed E-state index contributed by atoms with van der Waals surface area (Å²) in [6, 6.07) is 0. The van der Waals surface area contributed by atoms with E-state index < -0.39 is 24.4 Å². The van der Waals surface area contributed by atoms with Gasteiger partial charge < -0.3 is 14.4 Å². The van der Waals surface area contributed by atoms with Crippen molar-refractivity contribution in [3.63, 3.8) is 0 Å². The number of hydroxylamine groups is 4. The van der Waals surface area contributed by atoms with Crippen molar-refractivity contribution < 1.29 is 48.6 Å². The van der Waals surface area contributed by atoms with Gasteiger partial charge in [0.2, 0.25) is 0 Å². The Balaban J connectivity index is 2.48. The summed E-state index contributed by atoms with van der Waals surface area (Å²) >= 11 is 0. The Hall–Kier alpha value is -2.84. The third kappa shape index (κ3) is 5.30. The molecule has 0 aromatic heterocycles. The fourth-order valence-electron chi connectivity index (χ4n) is 0.463. The summed E-state index contributed by atoms with van der Waals surface area (Å²) in [5.74, 6) is 0. The molecule has 0 atom stereocenters. The molecule has 100 valence electrons. The van der Waals surface area contributed by atoms with Gasteiger partial charge in [-0.05, 0) is 5.04 Å². The van der Waals surface area contributed by atoms with Crippen molar-refractivity contribution in [2.45, 2.75) is 0 Å². The average Bonchev–Trinajstić information content (AvgIpc) is 2.32. The molecule has 1 aliphatic heterocycles. The highest BCUT2D eigenvalue weighted by molar-refractivity contribution is 5.83. The van der Waals surface area contributed by atoms with Crippen LogP contribution >= 0.6 is 0 Å². The van der Waals surface area contributed by atoms with Gasteiger partial charge in [-0.25, -0.2) is 19.2 Å². The largest absolute Gasteiger partial charge is 0.458 e. The molecule has 0 aliphatic carbocycles. The van der Waals surface area contributed by atoms with E-state index in [9.17, 15) is 19.2 Å². The Morgan fingerprint density at radius 1 is 0.611 bits per heavy atom. The Kier molecular flexibility index (Phi) is 4.91. The normalized spacial score (nSPS) is 18.7. The molecule has 0 spiro atoms. The topological polar surface area (TPSA) is 172 Å². The second-order valence-corrected chi connectivity index (χ2v) is 2.10. The van der Waals surface area contributed by atoms with E-state index in [0.29, 0.717) is 0 Å². The SMILES string of the molecule is O=C1NOOONC(=O)ONC(=O)OC(=O)NO1. The van der Waals surface area contributed by atoms with Gasteiger partial charge in [0, 0.05) is 0 Å². The fraction of sp³-hybridized carbons (Fsp3) is 0. The molecule has 0 aromatic carbocycles. The molecule has 0 aromatic rings. The minimum atomic E-state index is -1.49. The molecule has 0 radical (unpaired) electrons. The van der Waals surface area contributed by atoms with E-state index in [1.54, 1.807) is 0 Å². The fourth-order valence-corrected chi connectivity index (χ4v) is 0.463. The minimum Gasteiger partial charge on any atom is -0.355 e. The van der Waals surface area contributed by atoms with Gasteiger partial charge in [0.1, 0.15) is 0 Å². The molecule has 18 heavy (non-hydrogen) atoms. The van der Waals surface area contributed by atoms with Crippen molar-refractivity contribution in [3.05, 3.63) is 0 Å². The third-order valence-corrected chi connectivity index (χ3v) is 0.958. The second kappa shape index (κ2) is 6.68. The lowest BCUT2D eigenvalue weighted by Crippen LogP contribution is -2.40. The van der Waals surface area contributed by atoms with E-state index in [4.69, 9.17) is 0 Å². The van der Waals surface area contributed by atoms with Crippen LogP contribution in [0.5, 0.6) is 0 Å². The number of ether oxygens (including phenoxy) is 1. The van der Waals surface area contributed by atoms with Crippen molar-refractivity contribution in [2.24, 2.45) is 0 Å². The van der Waals surface area contributed by atoms with Gasteiger partial charge in [-0.1, -0.05) is 9.98 Å². The van der Waals surface area contributed by atoms with Crippen LogP contribution in [0.1, 0.15) is 0 Å². The van der Waals surface area contributed by atoms with Gasteiger partial charge in [-0.15, -0.1) is 11.0 Å². The summed E-state index contributed by atoms with van der Waals surface area (Å²) in [6.07, 6.45) is -5.70. The Labute approximate surface area is 96.0 Å². The predicted octanol–water partition coefficient (Wildman–Crippen LogP) is -1.57. The first-order valence-corrected chi connectivity index (χ1v) is 3.78. The molecule has 1 heterocycles. The van der Waals surface area contributed by atoms with Gasteiger partial charge in [-0.3, -0.25) is 0 Å². The summed E-state index contributed by atoms with van der Waals surface area (Å²) in [4.78, 5) is 58.3. The smallest absolute Gasteiger partial charge is 0.355 e. The molecule has 4 N–H and O–H groups in total. The van der Waals surface area contributed by atoms with Crippen molar-refractivity contribution in [1.29, 1.82) is 0 Å². The number of hydrogen-bond donors (Lipinski definition) is 4. The van der Waals surface area contributed by atoms with Crippen LogP contribution in [0.25, 0.3) is 0 Å². The van der Waals surface area contributed by atoms with Crippen LogP contribution in [-0.4, -0.2) is 24.4 Å². The van der Waals surface area contributed by atoms with Gasteiger partial charge in [-0.2, -0.15) is 11.0 Å². The molecule has 1 rings (SSSR count). The summed E-state index contributed by atoms with van der Waals surface area (Å²) in [7, 11) is 0. The molecule has 1 saturated heterocycles. The summed E-state index contributed by atoms with van der Waals surface area (Å²) < 4.78 is 3.87. The van der Waals surface area contributed by atoms with Crippen molar-refractivity contribution in [1.82, 2.24) is 21.9 Å². The molecule has 0 saturated carbocycles. The lowest BCUT2D eigenvalue weighted by Gasteiger charge is -2.08. The van der Waals surface area contributed by atoms with Gasteiger partial charge >= 0.3 is 24.4 Å². The maximum absolute atomic E-state index is 10.7. The first-order chi connectivity index (χ1) is 8.58. The number of carbonyl (C=O) groups is 4. The Morgan fingerprint density at radius 3 is 1.50 bits per heavy atom. The number of nitrogens with one attached hydrogen (secondary N) is 4. The number of hydrogen-bond acceptors (Lipinski definition) is 10. The molecule has 0 unspecified atom stereocenters. The van der Waals surface area contributed by atoms with Crippen LogP contribution < -0.4 is 21.9 Å². The highest BCUT2D eigenvalue weighted by atomic mass is 17.6. The lowest BCUT2D eigenvalue weighted by atomic mass is 11.1. The van der Waals surface area contributed by atoms with Crippen molar-refractivity contribution >= 4 is 24.4 Å². The maximum Gasteiger partial charge on any atom is 0.458 e. The first kappa shape index (κ1) is 13.2. The van der Waals surface area contributed by atoms with E-state index in [0.717, 1.165) is 0 Å². The van der Waals surface area contributed by atoms with E-state index >= 15 is 0 Å². The average molecular weight is 268 g/mol. The summed E-state index contributed by atoms with van der Waals surface area (Å²) in [5, 5.41) is 3.69. The third-order valence-electron chi connectivity index (χ3n) is 0.958. The van der Waals surface area contributed by atoms with E-state index in [2.05, 4.69) is 29.4 Å². The number of carbonyl (C=O) groups excluding carboxylic acids is 4. The molecular formula is C4H4N4O10. The van der Waals surface area contributed by atoms with Crippen LogP contribution in [0.2, 0.25) is 0 Å². The monoisotopic (exact) mass is 268 g/mol. The highest BCUT2D eigenvalue weighted by Gasteiger charge is 2.15. The quantitative estimate of drug-likeness (QED) is 0.228. The zero-order valence-electron chi connectivity index (χ0n) is 8.08. The zero-order valence-corrected chi connectivity index (χ0v) is 8.08. The summed E-state index contributed by atoms with van der Waals surface area (Å²) in [5.41, 5.74) is 5.55. The molecule has 4 amide bonds. The second-order valence-electron chi connectivity index (χ2n) is 2.10.